The number of hydrogen-bond donors (Lipinski definition) is 1. The largest absolute Gasteiger partial charge is 0.354 e. The highest BCUT2D eigenvalue weighted by Crippen LogP contribution is 2.26. The fourth-order valence-electron chi connectivity index (χ4n) is 4.24. The molecule has 1 N–H and O–H groups in total. The summed E-state index contributed by atoms with van der Waals surface area (Å²) in [5, 5.41) is 8.77. The topological polar surface area (TPSA) is 102 Å². The molecule has 2 aromatic heterocycles. The molecule has 1 unspecified atom stereocenters. The van der Waals surface area contributed by atoms with Crippen molar-refractivity contribution in [1.82, 2.24) is 24.6 Å². The van der Waals surface area contributed by atoms with Crippen molar-refractivity contribution in [3.05, 3.63) is 87.0 Å². The van der Waals surface area contributed by atoms with Gasteiger partial charge in [0.2, 0.25) is 11.8 Å². The second-order valence-corrected chi connectivity index (χ2v) is 9.45. The number of halogens is 2. The minimum atomic E-state index is -0.444. The maximum Gasteiger partial charge on any atom is 0.264 e. The van der Waals surface area contributed by atoms with Gasteiger partial charge in [0.1, 0.15) is 11.7 Å². The summed E-state index contributed by atoms with van der Waals surface area (Å²) in [6, 6.07) is 14.2. The van der Waals surface area contributed by atoms with E-state index in [9.17, 15) is 14.4 Å². The van der Waals surface area contributed by atoms with Gasteiger partial charge in [-0.2, -0.15) is 5.10 Å². The summed E-state index contributed by atoms with van der Waals surface area (Å²) < 4.78 is 3.10. The Morgan fingerprint density at radius 1 is 1.03 bits per heavy atom. The zero-order valence-electron chi connectivity index (χ0n) is 19.1. The van der Waals surface area contributed by atoms with E-state index in [2.05, 4.69) is 15.4 Å². The molecule has 0 radical (unpaired) electrons. The SMILES string of the molecule is O=C(NCCn1ncc2c(=O)n(Cc3ccc(Cl)cc3)cnc21)C1CC(=O)N(c2ccc(Cl)cc2)C1. The van der Waals surface area contributed by atoms with Crippen molar-refractivity contribution in [1.29, 1.82) is 0 Å². The highest BCUT2D eigenvalue weighted by Gasteiger charge is 2.35. The fraction of sp³-hybridized carbons (Fsp3) is 0.240. The van der Waals surface area contributed by atoms with Gasteiger partial charge in [-0.05, 0) is 42.0 Å². The van der Waals surface area contributed by atoms with Crippen molar-refractivity contribution in [3.8, 4) is 0 Å². The quantitative estimate of drug-likeness (QED) is 0.400. The number of hydrogen-bond acceptors (Lipinski definition) is 5. The van der Waals surface area contributed by atoms with Gasteiger partial charge in [-0.15, -0.1) is 0 Å². The van der Waals surface area contributed by atoms with E-state index < -0.39 is 5.92 Å². The molecule has 1 saturated heterocycles. The lowest BCUT2D eigenvalue weighted by molar-refractivity contribution is -0.126. The van der Waals surface area contributed by atoms with E-state index in [4.69, 9.17) is 23.2 Å². The molecule has 1 atom stereocenters. The normalized spacial score (nSPS) is 15.6. The fourth-order valence-corrected chi connectivity index (χ4v) is 4.50. The maximum atomic E-state index is 12.9. The second kappa shape index (κ2) is 10.1. The Balaban J connectivity index is 1.19. The van der Waals surface area contributed by atoms with Crippen LogP contribution in [0.5, 0.6) is 0 Å². The Kier molecular flexibility index (Phi) is 6.75. The summed E-state index contributed by atoms with van der Waals surface area (Å²) in [5.74, 6) is -0.745. The van der Waals surface area contributed by atoms with Gasteiger partial charge in [-0.3, -0.25) is 19.0 Å². The molecule has 3 heterocycles. The number of carbonyl (C=O) groups excluding carboxylic acids is 2. The molecule has 1 fully saturated rings. The lowest BCUT2D eigenvalue weighted by Gasteiger charge is -2.16. The van der Waals surface area contributed by atoms with Gasteiger partial charge < -0.3 is 10.2 Å². The van der Waals surface area contributed by atoms with Gasteiger partial charge in [0.25, 0.3) is 5.56 Å². The van der Waals surface area contributed by atoms with Crippen LogP contribution >= 0.6 is 23.2 Å². The molecule has 9 nitrogen and oxygen atoms in total. The average molecular weight is 525 g/mol. The molecule has 0 bridgehead atoms. The van der Waals surface area contributed by atoms with Crippen molar-refractivity contribution < 1.29 is 9.59 Å². The van der Waals surface area contributed by atoms with Crippen LogP contribution in [0, 0.1) is 5.92 Å². The third-order valence-corrected chi connectivity index (χ3v) is 6.65. The first kappa shape index (κ1) is 24.0. The van der Waals surface area contributed by atoms with Gasteiger partial charge in [-0.1, -0.05) is 35.3 Å². The Morgan fingerprint density at radius 3 is 2.44 bits per heavy atom. The molecule has 184 valence electrons. The first-order valence-corrected chi connectivity index (χ1v) is 12.1. The predicted molar refractivity (Wildman–Crippen MR) is 137 cm³/mol. The third-order valence-electron chi connectivity index (χ3n) is 6.15. The van der Waals surface area contributed by atoms with Gasteiger partial charge in [-0.25, -0.2) is 9.67 Å². The number of aromatic nitrogens is 4. The van der Waals surface area contributed by atoms with Crippen molar-refractivity contribution >= 4 is 51.7 Å². The van der Waals surface area contributed by atoms with Gasteiger partial charge in [0, 0.05) is 35.2 Å². The summed E-state index contributed by atoms with van der Waals surface area (Å²) in [5.41, 5.74) is 1.90. The molecule has 4 aromatic rings. The van der Waals surface area contributed by atoms with E-state index in [-0.39, 0.29) is 30.3 Å². The molecular weight excluding hydrogens is 503 g/mol. The molecule has 1 aliphatic rings. The van der Waals surface area contributed by atoms with Crippen molar-refractivity contribution in [3.63, 3.8) is 0 Å². The van der Waals surface area contributed by atoms with Crippen LogP contribution in [-0.2, 0) is 22.7 Å². The van der Waals surface area contributed by atoms with Crippen molar-refractivity contribution in [2.45, 2.75) is 19.5 Å². The summed E-state index contributed by atoms with van der Waals surface area (Å²) >= 11 is 11.9. The molecule has 0 aliphatic carbocycles. The molecule has 36 heavy (non-hydrogen) atoms. The van der Waals surface area contributed by atoms with E-state index in [1.165, 1.54) is 17.1 Å². The lowest BCUT2D eigenvalue weighted by Crippen LogP contribution is -2.35. The Morgan fingerprint density at radius 2 is 1.72 bits per heavy atom. The zero-order valence-corrected chi connectivity index (χ0v) is 20.6. The monoisotopic (exact) mass is 524 g/mol. The number of amides is 2. The van der Waals surface area contributed by atoms with E-state index in [1.54, 1.807) is 46.0 Å². The number of anilines is 1. The van der Waals surface area contributed by atoms with Crippen LogP contribution in [0.4, 0.5) is 5.69 Å². The molecule has 0 spiro atoms. The third kappa shape index (κ3) is 4.98. The summed E-state index contributed by atoms with van der Waals surface area (Å²) in [6.45, 7) is 1.31. The molecule has 1 aliphatic heterocycles. The van der Waals surface area contributed by atoms with Crippen LogP contribution in [0.2, 0.25) is 10.0 Å². The minimum Gasteiger partial charge on any atom is -0.354 e. The van der Waals surface area contributed by atoms with E-state index in [0.717, 1.165) is 11.3 Å². The highest BCUT2D eigenvalue weighted by atomic mass is 35.5. The minimum absolute atomic E-state index is 0.102. The molecule has 2 amide bonds. The first-order chi connectivity index (χ1) is 17.4. The molecule has 2 aromatic carbocycles. The Bertz CT molecular complexity index is 1480. The van der Waals surface area contributed by atoms with Crippen LogP contribution in [0.1, 0.15) is 12.0 Å². The molecule has 5 rings (SSSR count). The first-order valence-electron chi connectivity index (χ1n) is 11.4. The van der Waals surface area contributed by atoms with E-state index in [0.29, 0.717) is 40.7 Å². The number of nitrogens with zero attached hydrogens (tertiary/aromatic N) is 5. The van der Waals surface area contributed by atoms with Crippen LogP contribution < -0.4 is 15.8 Å². The van der Waals surface area contributed by atoms with Crippen molar-refractivity contribution in [2.75, 3.05) is 18.0 Å². The van der Waals surface area contributed by atoms with Gasteiger partial charge >= 0.3 is 0 Å². The zero-order chi connectivity index (χ0) is 25.2. The van der Waals surface area contributed by atoms with Crippen LogP contribution in [0.3, 0.4) is 0 Å². The maximum absolute atomic E-state index is 12.9. The van der Waals surface area contributed by atoms with Crippen LogP contribution in [0.25, 0.3) is 11.0 Å². The van der Waals surface area contributed by atoms with Crippen molar-refractivity contribution in [2.24, 2.45) is 5.92 Å². The van der Waals surface area contributed by atoms with Gasteiger partial charge in [0.15, 0.2) is 5.65 Å². The second-order valence-electron chi connectivity index (χ2n) is 8.58. The summed E-state index contributed by atoms with van der Waals surface area (Å²) in [4.78, 5) is 44.0. The van der Waals surface area contributed by atoms with E-state index in [1.807, 2.05) is 12.1 Å². The number of carbonyl (C=O) groups is 2. The number of nitrogens with one attached hydrogen (secondary N) is 1. The predicted octanol–water partition coefficient (Wildman–Crippen LogP) is 3.12. The molecular formula is C25H22Cl2N6O3. The molecule has 0 saturated carbocycles. The smallest absolute Gasteiger partial charge is 0.264 e. The summed E-state index contributed by atoms with van der Waals surface area (Å²) in [6.07, 6.45) is 3.13. The number of benzene rings is 2. The average Bonchev–Trinajstić information content (AvgIpc) is 3.47. The van der Waals surface area contributed by atoms with E-state index >= 15 is 0 Å². The standard InChI is InChI=1S/C25H22Cl2N6O3/c26-18-3-1-16(2-4-18)13-31-15-29-23-21(25(31)36)12-30-33(23)10-9-28-24(35)17-11-22(34)32(14-17)20-7-5-19(27)6-8-20/h1-8,12,15,17H,9-11,13-14H2,(H,28,35). The number of fused-ring (bicyclic) bond motifs is 1. The highest BCUT2D eigenvalue weighted by molar-refractivity contribution is 6.30. The summed E-state index contributed by atoms with van der Waals surface area (Å²) in [7, 11) is 0. The Hall–Kier alpha value is -3.69. The van der Waals surface area contributed by atoms with Gasteiger partial charge in [0.05, 0.1) is 25.2 Å². The van der Waals surface area contributed by atoms with Crippen LogP contribution in [0.15, 0.2) is 65.8 Å². The Labute approximate surface area is 216 Å². The molecule has 11 heteroatoms. The van der Waals surface area contributed by atoms with Crippen LogP contribution in [-0.4, -0.2) is 44.2 Å². The number of rotatable bonds is 7. The lowest BCUT2D eigenvalue weighted by atomic mass is 10.1.